The third-order valence-electron chi connectivity index (χ3n) is 13.9. The van der Waals surface area contributed by atoms with Crippen LogP contribution >= 0.6 is 0 Å². The third kappa shape index (κ3) is 5.81. The first-order valence-electron chi connectivity index (χ1n) is 22.3. The van der Waals surface area contributed by atoms with Crippen LogP contribution in [0.1, 0.15) is 52.7 Å². The summed E-state index contributed by atoms with van der Waals surface area (Å²) in [7, 11) is -3.97. The molecular weight excluding hydrogens is 785 g/mol. The molecule has 0 aromatic heterocycles. The summed E-state index contributed by atoms with van der Waals surface area (Å²) in [5.41, 5.74) is 2.50. The molecule has 0 fully saturated rings. The molecule has 0 bridgehead atoms. The highest BCUT2D eigenvalue weighted by atomic mass is 28.3. The van der Waals surface area contributed by atoms with Gasteiger partial charge in [-0.05, 0) is 129 Å². The van der Waals surface area contributed by atoms with Crippen molar-refractivity contribution in [2.45, 2.75) is 64.8 Å². The smallest absolute Gasteiger partial charge is 0.214 e. The van der Waals surface area contributed by atoms with E-state index in [4.69, 9.17) is 8.85 Å². The molecule has 0 saturated carbocycles. The summed E-state index contributed by atoms with van der Waals surface area (Å²) in [6.07, 6.45) is 0. The van der Waals surface area contributed by atoms with Gasteiger partial charge >= 0.3 is 0 Å². The van der Waals surface area contributed by atoms with Gasteiger partial charge in [-0.2, -0.15) is 0 Å². The van der Waals surface area contributed by atoms with Gasteiger partial charge in [0.25, 0.3) is 0 Å². The van der Waals surface area contributed by atoms with Crippen LogP contribution in [0.2, 0.25) is 10.1 Å². The molecule has 0 N–H and O–H groups in total. The van der Waals surface area contributed by atoms with Crippen LogP contribution in [0, 0.1) is 0 Å². The van der Waals surface area contributed by atoms with Crippen LogP contribution in [0.3, 0.4) is 0 Å². The molecule has 302 valence electrons. The third-order valence-corrected chi connectivity index (χ3v) is 20.2. The van der Waals surface area contributed by atoms with Gasteiger partial charge in [0.2, 0.25) is 18.1 Å². The lowest BCUT2D eigenvalue weighted by atomic mass is 9.90. The summed E-state index contributed by atoms with van der Waals surface area (Å²) >= 11 is 0. The Kier molecular flexibility index (Phi) is 8.43. The SMILES string of the molecule is CC(C)(C)[Si@H](OCc1ccc2ccc3c(CO[Si@H](c4ccc5ccc6cccc7ccc4c5c67)C(C)(C)C)ccc4ccc1c2c43)c1ccc2ccc3cccc4ccc1c2c34. The van der Waals surface area contributed by atoms with Crippen LogP contribution in [0.4, 0.5) is 0 Å². The molecule has 0 aliphatic heterocycles. The molecule has 12 aromatic carbocycles. The average molecular weight is 835 g/mol. The topological polar surface area (TPSA) is 18.5 Å². The van der Waals surface area contributed by atoms with E-state index >= 15 is 0 Å². The maximum Gasteiger partial charge on any atom is 0.214 e. The Hall–Kier alpha value is -5.89. The zero-order chi connectivity index (χ0) is 42.1. The number of hydrogen-bond donors (Lipinski definition) is 0. The normalized spacial score (nSPS) is 14.1. The Morgan fingerprint density at radius 1 is 0.306 bits per heavy atom. The second-order valence-electron chi connectivity index (χ2n) is 20.0. The van der Waals surface area contributed by atoms with Gasteiger partial charge in [0.05, 0.1) is 13.2 Å². The summed E-state index contributed by atoms with van der Waals surface area (Å²) < 4.78 is 14.6. The number of hydrogen-bond acceptors (Lipinski definition) is 2. The van der Waals surface area contributed by atoms with E-state index in [9.17, 15) is 0 Å². The van der Waals surface area contributed by atoms with Gasteiger partial charge in [-0.25, -0.2) is 0 Å². The van der Waals surface area contributed by atoms with Crippen LogP contribution < -0.4 is 10.4 Å². The van der Waals surface area contributed by atoms with Crippen LogP contribution in [0.5, 0.6) is 0 Å². The predicted octanol–water partition coefficient (Wildman–Crippen LogP) is 14.3. The summed E-state index contributed by atoms with van der Waals surface area (Å²) in [5, 5.41) is 26.6. The molecule has 12 rings (SSSR count). The van der Waals surface area contributed by atoms with Crippen molar-refractivity contribution in [2.24, 2.45) is 0 Å². The first kappa shape index (κ1) is 37.8. The zero-order valence-corrected chi connectivity index (χ0v) is 38.7. The first-order valence-corrected chi connectivity index (χ1v) is 25.5. The van der Waals surface area contributed by atoms with Gasteiger partial charge in [0.15, 0.2) is 0 Å². The molecule has 0 unspecified atom stereocenters. The minimum atomic E-state index is -1.98. The molecule has 0 heterocycles. The highest BCUT2D eigenvalue weighted by molar-refractivity contribution is 6.73. The molecule has 0 aliphatic rings. The first-order chi connectivity index (χ1) is 30.0. The van der Waals surface area contributed by atoms with Crippen molar-refractivity contribution in [3.63, 3.8) is 0 Å². The Bertz CT molecular complexity index is 3410. The van der Waals surface area contributed by atoms with Gasteiger partial charge in [0.1, 0.15) is 0 Å². The Morgan fingerprint density at radius 3 is 0.935 bits per heavy atom. The van der Waals surface area contributed by atoms with Gasteiger partial charge < -0.3 is 8.85 Å². The van der Waals surface area contributed by atoms with Crippen molar-refractivity contribution >= 4 is 125 Å². The van der Waals surface area contributed by atoms with Crippen molar-refractivity contribution in [2.75, 3.05) is 0 Å². The molecule has 0 amide bonds. The maximum absolute atomic E-state index is 7.31. The van der Waals surface area contributed by atoms with E-state index < -0.39 is 18.1 Å². The molecule has 0 aliphatic carbocycles. The molecule has 12 aromatic rings. The van der Waals surface area contributed by atoms with Crippen molar-refractivity contribution in [1.29, 1.82) is 0 Å². The molecule has 0 radical (unpaired) electrons. The number of rotatable bonds is 8. The van der Waals surface area contributed by atoms with Gasteiger partial charge in [-0.1, -0.05) is 199 Å². The van der Waals surface area contributed by atoms with Crippen molar-refractivity contribution < 1.29 is 8.85 Å². The standard InChI is InChI=1S/C58H50O2Si2/c1-57(2,3)61(49-31-25-41-15-13-35-9-7-11-37-23-29-47(49)55(41)51(35)37)59-33-43-19-17-39-22-28-46-44(20-18-40-21-27-45(43)53(39)54(40)46)34-60-62(58(4,5)6)50-32-26-42-16-14-36-10-8-12-38-24-30-48(50)56(42)52(36)38/h7-32,61-62H,33-34H2,1-6H3/t61-,62-/m1/s1. The van der Waals surface area contributed by atoms with E-state index in [1.54, 1.807) is 0 Å². The van der Waals surface area contributed by atoms with Crippen molar-refractivity contribution in [3.8, 4) is 0 Å². The van der Waals surface area contributed by atoms with E-state index in [0.29, 0.717) is 13.2 Å². The monoisotopic (exact) mass is 834 g/mol. The lowest BCUT2D eigenvalue weighted by Crippen LogP contribution is -2.42. The quantitative estimate of drug-likeness (QED) is 0.112. The summed E-state index contributed by atoms with van der Waals surface area (Å²) in [5.74, 6) is 0. The highest BCUT2D eigenvalue weighted by Crippen LogP contribution is 2.41. The molecule has 4 heteroatoms. The van der Waals surface area contributed by atoms with Crippen LogP contribution in [-0.4, -0.2) is 18.1 Å². The molecule has 62 heavy (non-hydrogen) atoms. The van der Waals surface area contributed by atoms with Crippen molar-refractivity contribution in [3.05, 3.63) is 169 Å². The minimum Gasteiger partial charge on any atom is -0.411 e. The van der Waals surface area contributed by atoms with E-state index in [2.05, 4.69) is 199 Å². The van der Waals surface area contributed by atoms with E-state index in [1.807, 2.05) is 0 Å². The molecule has 0 saturated heterocycles. The Labute approximate surface area is 366 Å². The average Bonchev–Trinajstić information content (AvgIpc) is 3.27. The van der Waals surface area contributed by atoms with Crippen LogP contribution in [-0.2, 0) is 22.1 Å². The fourth-order valence-electron chi connectivity index (χ4n) is 11.1. The predicted molar refractivity (Wildman–Crippen MR) is 273 cm³/mol. The van der Waals surface area contributed by atoms with Gasteiger partial charge in [-0.15, -0.1) is 0 Å². The second kappa shape index (κ2) is 13.8. The summed E-state index contributed by atoms with van der Waals surface area (Å²) in [6.45, 7) is 15.4. The lowest BCUT2D eigenvalue weighted by molar-refractivity contribution is 0.300. The van der Waals surface area contributed by atoms with E-state index in [-0.39, 0.29) is 10.1 Å². The fourth-order valence-corrected chi connectivity index (χ4v) is 16.6. The van der Waals surface area contributed by atoms with Crippen molar-refractivity contribution in [1.82, 2.24) is 0 Å². The molecular formula is C58H50O2Si2. The number of benzene rings is 12. The largest absolute Gasteiger partial charge is 0.411 e. The van der Waals surface area contributed by atoms with Crippen LogP contribution in [0.15, 0.2) is 158 Å². The zero-order valence-electron chi connectivity index (χ0n) is 36.4. The second-order valence-corrected chi connectivity index (χ2v) is 26.9. The summed E-state index contributed by atoms with van der Waals surface area (Å²) in [4.78, 5) is 0. The van der Waals surface area contributed by atoms with E-state index in [0.717, 1.165) is 0 Å². The lowest BCUT2D eigenvalue weighted by Gasteiger charge is -2.31. The van der Waals surface area contributed by atoms with E-state index in [1.165, 1.54) is 118 Å². The van der Waals surface area contributed by atoms with Gasteiger partial charge in [-0.3, -0.25) is 0 Å². The minimum absolute atomic E-state index is 0.00733. The van der Waals surface area contributed by atoms with Crippen LogP contribution in [0.25, 0.3) is 97.0 Å². The highest BCUT2D eigenvalue weighted by Gasteiger charge is 2.34. The molecule has 0 spiro atoms. The Morgan fingerprint density at radius 2 is 0.581 bits per heavy atom. The van der Waals surface area contributed by atoms with Gasteiger partial charge in [0, 0.05) is 0 Å². The fraction of sp³-hybridized carbons (Fsp3) is 0.172. The maximum atomic E-state index is 7.31. The Balaban J connectivity index is 0.906. The summed E-state index contributed by atoms with van der Waals surface area (Å²) in [6, 6.07) is 59.6. The molecule has 2 atom stereocenters. The molecule has 2 nitrogen and oxygen atoms in total.